The largest absolute Gasteiger partial charge is 0.380 e. The molecule has 0 aromatic carbocycles. The first-order valence-electron chi connectivity index (χ1n) is 7.69. The van der Waals surface area contributed by atoms with Crippen molar-refractivity contribution in [3.63, 3.8) is 0 Å². The van der Waals surface area contributed by atoms with Crippen LogP contribution < -0.4 is 10.6 Å². The van der Waals surface area contributed by atoms with Crippen molar-refractivity contribution in [3.05, 3.63) is 0 Å². The summed E-state index contributed by atoms with van der Waals surface area (Å²) >= 11 is 0. The Morgan fingerprint density at radius 3 is 2.63 bits per heavy atom. The van der Waals surface area contributed by atoms with Gasteiger partial charge in [0.25, 0.3) is 0 Å². The van der Waals surface area contributed by atoms with Crippen LogP contribution in [0.15, 0.2) is 0 Å². The van der Waals surface area contributed by atoms with Gasteiger partial charge in [0, 0.05) is 6.61 Å². The minimum absolute atomic E-state index is 0.101. The number of nitrogens with one attached hydrogen (secondary N) is 2. The smallest absolute Gasteiger partial charge is 0.240 e. The van der Waals surface area contributed by atoms with Crippen LogP contribution in [-0.2, 0) is 9.53 Å². The average Bonchev–Trinajstić information content (AvgIpc) is 2.84. The second kappa shape index (κ2) is 7.85. The molecular formula is C15H30N2O2. The van der Waals surface area contributed by atoms with Crippen molar-refractivity contribution < 1.29 is 9.53 Å². The Hall–Kier alpha value is -0.610. The lowest BCUT2D eigenvalue weighted by Crippen LogP contribution is -2.57. The number of carbonyl (C=O) groups is 1. The molecule has 1 aliphatic heterocycles. The van der Waals surface area contributed by atoms with E-state index >= 15 is 0 Å². The van der Waals surface area contributed by atoms with Gasteiger partial charge in [-0.1, -0.05) is 27.2 Å². The summed E-state index contributed by atoms with van der Waals surface area (Å²) in [5.41, 5.74) is -0.339. The van der Waals surface area contributed by atoms with Crippen LogP contribution in [0.5, 0.6) is 0 Å². The summed E-state index contributed by atoms with van der Waals surface area (Å²) in [5.74, 6) is 0.542. The normalized spacial score (nSPS) is 24.7. The number of hydrogen-bond acceptors (Lipinski definition) is 3. The molecule has 1 saturated heterocycles. The average molecular weight is 270 g/mol. The lowest BCUT2D eigenvalue weighted by molar-refractivity contribution is -0.129. The highest BCUT2D eigenvalue weighted by molar-refractivity contribution is 5.87. The zero-order valence-corrected chi connectivity index (χ0v) is 12.9. The van der Waals surface area contributed by atoms with Crippen molar-refractivity contribution in [2.75, 3.05) is 19.8 Å². The topological polar surface area (TPSA) is 50.4 Å². The highest BCUT2D eigenvalue weighted by atomic mass is 16.5. The van der Waals surface area contributed by atoms with Crippen LogP contribution in [0.1, 0.15) is 53.4 Å². The highest BCUT2D eigenvalue weighted by Crippen LogP contribution is 2.25. The van der Waals surface area contributed by atoms with E-state index in [-0.39, 0.29) is 17.5 Å². The van der Waals surface area contributed by atoms with Crippen molar-refractivity contribution in [2.24, 2.45) is 5.92 Å². The molecule has 2 N–H and O–H groups in total. The van der Waals surface area contributed by atoms with Crippen LogP contribution in [-0.4, -0.2) is 37.2 Å². The SMILES string of the molecule is CCCC1(C(=O)NC(COCC)C(C)C)CCCN1. The first-order valence-corrected chi connectivity index (χ1v) is 7.69. The van der Waals surface area contributed by atoms with Crippen LogP contribution in [0.3, 0.4) is 0 Å². The zero-order chi connectivity index (χ0) is 14.3. The Bertz CT molecular complexity index is 273. The van der Waals surface area contributed by atoms with E-state index in [1.807, 2.05) is 6.92 Å². The lowest BCUT2D eigenvalue weighted by atomic mass is 9.90. The van der Waals surface area contributed by atoms with Gasteiger partial charge in [-0.15, -0.1) is 0 Å². The van der Waals surface area contributed by atoms with Crippen LogP contribution >= 0.6 is 0 Å². The number of hydrogen-bond donors (Lipinski definition) is 2. The van der Waals surface area contributed by atoms with E-state index in [4.69, 9.17) is 4.74 Å². The van der Waals surface area contributed by atoms with Gasteiger partial charge in [-0.05, 0) is 38.6 Å². The van der Waals surface area contributed by atoms with Crippen LogP contribution in [0.2, 0.25) is 0 Å². The molecule has 1 rings (SSSR count). The molecule has 0 saturated carbocycles. The first-order chi connectivity index (χ1) is 9.05. The van der Waals surface area contributed by atoms with Gasteiger partial charge in [0.15, 0.2) is 0 Å². The van der Waals surface area contributed by atoms with Crippen molar-refractivity contribution >= 4 is 5.91 Å². The van der Waals surface area contributed by atoms with Gasteiger partial charge in [0.1, 0.15) is 0 Å². The van der Waals surface area contributed by atoms with E-state index in [2.05, 4.69) is 31.4 Å². The van der Waals surface area contributed by atoms with E-state index in [0.717, 1.165) is 32.2 Å². The van der Waals surface area contributed by atoms with E-state index in [9.17, 15) is 4.79 Å². The van der Waals surface area contributed by atoms with Crippen molar-refractivity contribution in [1.29, 1.82) is 0 Å². The summed E-state index contributed by atoms with van der Waals surface area (Å²) in [5, 5.41) is 6.61. The van der Waals surface area contributed by atoms with Gasteiger partial charge in [-0.2, -0.15) is 0 Å². The maximum Gasteiger partial charge on any atom is 0.240 e. The van der Waals surface area contributed by atoms with Gasteiger partial charge < -0.3 is 15.4 Å². The molecule has 2 unspecified atom stereocenters. The van der Waals surface area contributed by atoms with Gasteiger partial charge >= 0.3 is 0 Å². The summed E-state index contributed by atoms with van der Waals surface area (Å²) in [7, 11) is 0. The molecule has 2 atom stereocenters. The number of carbonyl (C=O) groups excluding carboxylic acids is 1. The Balaban J connectivity index is 2.63. The van der Waals surface area contributed by atoms with Crippen molar-refractivity contribution in [1.82, 2.24) is 10.6 Å². The molecule has 0 aromatic heterocycles. The molecule has 0 aliphatic carbocycles. The molecule has 0 aromatic rings. The quantitative estimate of drug-likeness (QED) is 0.710. The second-order valence-electron chi connectivity index (χ2n) is 5.85. The monoisotopic (exact) mass is 270 g/mol. The summed E-state index contributed by atoms with van der Waals surface area (Å²) in [6.45, 7) is 10.6. The maximum atomic E-state index is 12.6. The predicted octanol–water partition coefficient (Wildman–Crippen LogP) is 2.09. The lowest BCUT2D eigenvalue weighted by Gasteiger charge is -2.31. The third-order valence-corrected chi connectivity index (χ3v) is 3.98. The third-order valence-electron chi connectivity index (χ3n) is 3.98. The van der Waals surface area contributed by atoms with Crippen molar-refractivity contribution in [3.8, 4) is 0 Å². The fourth-order valence-electron chi connectivity index (χ4n) is 2.71. The summed E-state index contributed by atoms with van der Waals surface area (Å²) in [4.78, 5) is 12.6. The Labute approximate surface area is 117 Å². The third kappa shape index (κ3) is 4.46. The molecular weight excluding hydrogens is 240 g/mol. The van der Waals surface area contributed by atoms with Gasteiger partial charge in [-0.25, -0.2) is 0 Å². The van der Waals surface area contributed by atoms with Crippen molar-refractivity contribution in [2.45, 2.75) is 65.0 Å². The molecule has 4 nitrogen and oxygen atoms in total. The summed E-state index contributed by atoms with van der Waals surface area (Å²) in [6, 6.07) is 0.101. The fourth-order valence-corrected chi connectivity index (χ4v) is 2.71. The fraction of sp³-hybridized carbons (Fsp3) is 0.933. The molecule has 19 heavy (non-hydrogen) atoms. The molecule has 1 aliphatic rings. The Kier molecular flexibility index (Phi) is 6.80. The highest BCUT2D eigenvalue weighted by Gasteiger charge is 2.40. The molecule has 1 heterocycles. The van der Waals surface area contributed by atoms with E-state index < -0.39 is 0 Å². The van der Waals surface area contributed by atoms with E-state index in [1.54, 1.807) is 0 Å². The van der Waals surface area contributed by atoms with Crippen LogP contribution in [0.25, 0.3) is 0 Å². The van der Waals surface area contributed by atoms with Crippen LogP contribution in [0, 0.1) is 5.92 Å². The second-order valence-corrected chi connectivity index (χ2v) is 5.85. The molecule has 112 valence electrons. The molecule has 1 fully saturated rings. The van der Waals surface area contributed by atoms with E-state index in [1.165, 1.54) is 0 Å². The molecule has 0 radical (unpaired) electrons. The Morgan fingerprint density at radius 2 is 2.16 bits per heavy atom. The Morgan fingerprint density at radius 1 is 1.42 bits per heavy atom. The molecule has 1 amide bonds. The first kappa shape index (κ1) is 16.4. The van der Waals surface area contributed by atoms with Gasteiger partial charge in [0.2, 0.25) is 5.91 Å². The number of amides is 1. The molecule has 4 heteroatoms. The zero-order valence-electron chi connectivity index (χ0n) is 12.9. The van der Waals surface area contributed by atoms with Gasteiger partial charge in [0.05, 0.1) is 18.2 Å². The van der Waals surface area contributed by atoms with Crippen LogP contribution in [0.4, 0.5) is 0 Å². The van der Waals surface area contributed by atoms with Gasteiger partial charge in [-0.3, -0.25) is 4.79 Å². The maximum absolute atomic E-state index is 12.6. The predicted molar refractivity (Wildman–Crippen MR) is 78.1 cm³/mol. The summed E-state index contributed by atoms with van der Waals surface area (Å²) < 4.78 is 5.48. The standard InChI is InChI=1S/C15H30N2O2/c1-5-8-15(9-7-10-16-15)14(18)17-13(12(3)4)11-19-6-2/h12-13,16H,5-11H2,1-4H3,(H,17,18). The summed E-state index contributed by atoms with van der Waals surface area (Å²) in [6.07, 6.45) is 3.98. The molecule has 0 bridgehead atoms. The molecule has 0 spiro atoms. The number of ether oxygens (including phenoxy) is 1. The van der Waals surface area contributed by atoms with E-state index in [0.29, 0.717) is 19.1 Å². The number of rotatable bonds is 8. The minimum atomic E-state index is -0.339. The minimum Gasteiger partial charge on any atom is -0.380 e.